The Balaban J connectivity index is 1.64. The van der Waals surface area contributed by atoms with Gasteiger partial charge in [0.25, 0.3) is 0 Å². The predicted molar refractivity (Wildman–Crippen MR) is 126 cm³/mol. The lowest BCUT2D eigenvalue weighted by molar-refractivity contribution is 0.0368. The van der Waals surface area contributed by atoms with E-state index in [1.54, 1.807) is 0 Å². The molecule has 1 N–H and O–H groups in total. The van der Waals surface area contributed by atoms with Crippen LogP contribution in [0.3, 0.4) is 0 Å². The van der Waals surface area contributed by atoms with Crippen molar-refractivity contribution in [2.45, 2.75) is 26.8 Å². The van der Waals surface area contributed by atoms with Crippen LogP contribution in [0.2, 0.25) is 5.02 Å². The second kappa shape index (κ2) is 10.9. The van der Waals surface area contributed by atoms with Crippen LogP contribution in [-0.2, 0) is 11.3 Å². The third-order valence-corrected chi connectivity index (χ3v) is 5.94. The molecular formula is C23H30ClN3OS. The number of thiocarbonyl (C=S) groups is 1. The maximum atomic E-state index is 6.16. The summed E-state index contributed by atoms with van der Waals surface area (Å²) in [5.74, 6) is 0. The minimum atomic E-state index is 0.746. The zero-order valence-electron chi connectivity index (χ0n) is 17.3. The molecule has 0 bridgehead atoms. The standard InChI is InChI=1S/C23H30ClN3OS/c1-18-5-3-6-20(15-18)17-27(10-4-9-26-11-13-28-14-12-26)23(29)25-21-7-8-22(24)19(2)16-21/h3,5-8,15-16H,4,9-14,17H2,1-2H3,(H,25,29). The van der Waals surface area contributed by atoms with E-state index in [4.69, 9.17) is 28.6 Å². The molecule has 2 aromatic carbocycles. The number of hydrogen-bond donors (Lipinski definition) is 1. The first-order valence-corrected chi connectivity index (χ1v) is 11.0. The highest BCUT2D eigenvalue weighted by Crippen LogP contribution is 2.20. The van der Waals surface area contributed by atoms with E-state index in [1.165, 1.54) is 11.1 Å². The van der Waals surface area contributed by atoms with E-state index < -0.39 is 0 Å². The van der Waals surface area contributed by atoms with Crippen molar-refractivity contribution < 1.29 is 4.74 Å². The third kappa shape index (κ3) is 6.96. The lowest BCUT2D eigenvalue weighted by Crippen LogP contribution is -2.40. The highest BCUT2D eigenvalue weighted by atomic mass is 35.5. The number of hydrogen-bond acceptors (Lipinski definition) is 3. The van der Waals surface area contributed by atoms with Gasteiger partial charge in [0, 0.05) is 43.4 Å². The number of ether oxygens (including phenoxy) is 1. The topological polar surface area (TPSA) is 27.7 Å². The van der Waals surface area contributed by atoms with Gasteiger partial charge in [-0.3, -0.25) is 4.90 Å². The molecule has 0 saturated carbocycles. The van der Waals surface area contributed by atoms with Crippen molar-refractivity contribution in [2.24, 2.45) is 0 Å². The van der Waals surface area contributed by atoms with Crippen LogP contribution in [-0.4, -0.2) is 54.3 Å². The molecule has 1 saturated heterocycles. The number of halogens is 1. The average Bonchev–Trinajstić information content (AvgIpc) is 2.71. The molecule has 3 rings (SSSR count). The van der Waals surface area contributed by atoms with Gasteiger partial charge in [-0.25, -0.2) is 0 Å². The fourth-order valence-corrected chi connectivity index (χ4v) is 3.91. The molecule has 1 fully saturated rings. The van der Waals surface area contributed by atoms with Gasteiger partial charge in [0.15, 0.2) is 5.11 Å². The lowest BCUT2D eigenvalue weighted by atomic mass is 10.1. The largest absolute Gasteiger partial charge is 0.379 e. The van der Waals surface area contributed by atoms with Gasteiger partial charge in [0.1, 0.15) is 0 Å². The van der Waals surface area contributed by atoms with Gasteiger partial charge < -0.3 is 15.0 Å². The van der Waals surface area contributed by atoms with Gasteiger partial charge in [0.2, 0.25) is 0 Å². The Morgan fingerprint density at radius 3 is 2.69 bits per heavy atom. The first kappa shape index (κ1) is 22.0. The van der Waals surface area contributed by atoms with Crippen LogP contribution in [0, 0.1) is 13.8 Å². The Labute approximate surface area is 184 Å². The van der Waals surface area contributed by atoms with Crippen LogP contribution in [0.15, 0.2) is 42.5 Å². The van der Waals surface area contributed by atoms with E-state index >= 15 is 0 Å². The summed E-state index contributed by atoms with van der Waals surface area (Å²) in [6.45, 7) is 10.6. The number of anilines is 1. The van der Waals surface area contributed by atoms with Crippen molar-refractivity contribution in [1.82, 2.24) is 9.80 Å². The normalized spacial score (nSPS) is 14.6. The van der Waals surface area contributed by atoms with Crippen LogP contribution < -0.4 is 5.32 Å². The van der Waals surface area contributed by atoms with Gasteiger partial charge in [-0.1, -0.05) is 41.4 Å². The highest BCUT2D eigenvalue weighted by Gasteiger charge is 2.14. The van der Waals surface area contributed by atoms with E-state index in [0.29, 0.717) is 0 Å². The second-order valence-corrected chi connectivity index (χ2v) is 8.41. The van der Waals surface area contributed by atoms with Crippen molar-refractivity contribution in [1.29, 1.82) is 0 Å². The summed E-state index contributed by atoms with van der Waals surface area (Å²) < 4.78 is 5.45. The quantitative estimate of drug-likeness (QED) is 0.631. The Morgan fingerprint density at radius 2 is 1.97 bits per heavy atom. The average molecular weight is 432 g/mol. The summed E-state index contributed by atoms with van der Waals surface area (Å²) in [5.41, 5.74) is 4.55. The molecule has 156 valence electrons. The second-order valence-electron chi connectivity index (χ2n) is 7.61. The van der Waals surface area contributed by atoms with Gasteiger partial charge in [-0.15, -0.1) is 0 Å². The van der Waals surface area contributed by atoms with Gasteiger partial charge in [-0.05, 0) is 61.8 Å². The lowest BCUT2D eigenvalue weighted by Gasteiger charge is -2.30. The number of aryl methyl sites for hydroxylation is 2. The predicted octanol–water partition coefficient (Wildman–Crippen LogP) is 4.88. The van der Waals surface area contributed by atoms with Gasteiger partial charge >= 0.3 is 0 Å². The molecule has 0 spiro atoms. The first-order chi connectivity index (χ1) is 14.0. The van der Waals surface area contributed by atoms with E-state index in [-0.39, 0.29) is 0 Å². The molecule has 0 radical (unpaired) electrons. The SMILES string of the molecule is Cc1cccc(CN(CCCN2CCOCC2)C(=S)Nc2ccc(Cl)c(C)c2)c1. The van der Waals surface area contributed by atoms with Crippen LogP contribution >= 0.6 is 23.8 Å². The summed E-state index contributed by atoms with van der Waals surface area (Å²) in [4.78, 5) is 4.72. The Morgan fingerprint density at radius 1 is 1.17 bits per heavy atom. The number of benzene rings is 2. The van der Waals surface area contributed by atoms with Crippen molar-refractivity contribution in [3.8, 4) is 0 Å². The molecule has 0 aromatic heterocycles. The molecule has 6 heteroatoms. The highest BCUT2D eigenvalue weighted by molar-refractivity contribution is 7.80. The maximum absolute atomic E-state index is 6.16. The van der Waals surface area contributed by atoms with Crippen molar-refractivity contribution in [3.63, 3.8) is 0 Å². The summed E-state index contributed by atoms with van der Waals surface area (Å²) >= 11 is 11.9. The molecule has 4 nitrogen and oxygen atoms in total. The molecule has 1 aliphatic rings. The molecule has 1 aliphatic heterocycles. The fraction of sp³-hybridized carbons (Fsp3) is 0.435. The Bertz CT molecular complexity index is 824. The summed E-state index contributed by atoms with van der Waals surface area (Å²) in [6.07, 6.45) is 1.06. The maximum Gasteiger partial charge on any atom is 0.173 e. The monoisotopic (exact) mass is 431 g/mol. The number of rotatable bonds is 7. The number of morpholine rings is 1. The molecule has 0 unspecified atom stereocenters. The van der Waals surface area contributed by atoms with Crippen LogP contribution in [0.5, 0.6) is 0 Å². The van der Waals surface area contributed by atoms with Crippen molar-refractivity contribution in [3.05, 3.63) is 64.2 Å². The molecule has 0 aliphatic carbocycles. The van der Waals surface area contributed by atoms with E-state index in [1.807, 2.05) is 25.1 Å². The minimum absolute atomic E-state index is 0.746. The molecule has 0 amide bonds. The number of nitrogens with one attached hydrogen (secondary N) is 1. The summed E-state index contributed by atoms with van der Waals surface area (Å²) in [7, 11) is 0. The van der Waals surface area contributed by atoms with Gasteiger partial charge in [0.05, 0.1) is 13.2 Å². The van der Waals surface area contributed by atoms with Gasteiger partial charge in [-0.2, -0.15) is 0 Å². The molecule has 1 heterocycles. The summed E-state index contributed by atoms with van der Waals surface area (Å²) in [5, 5.41) is 4.91. The first-order valence-electron chi connectivity index (χ1n) is 10.2. The Kier molecular flexibility index (Phi) is 8.30. The molecular weight excluding hydrogens is 402 g/mol. The molecule has 29 heavy (non-hydrogen) atoms. The minimum Gasteiger partial charge on any atom is -0.379 e. The van der Waals surface area contributed by atoms with Crippen LogP contribution in [0.4, 0.5) is 5.69 Å². The van der Waals surface area contributed by atoms with E-state index in [0.717, 1.165) is 73.7 Å². The molecule has 2 aromatic rings. The Hall–Kier alpha value is -1.66. The third-order valence-electron chi connectivity index (χ3n) is 5.16. The van der Waals surface area contributed by atoms with Crippen LogP contribution in [0.1, 0.15) is 23.1 Å². The fourth-order valence-electron chi connectivity index (χ4n) is 3.52. The smallest absolute Gasteiger partial charge is 0.173 e. The van der Waals surface area contributed by atoms with Crippen LogP contribution in [0.25, 0.3) is 0 Å². The van der Waals surface area contributed by atoms with Crippen molar-refractivity contribution in [2.75, 3.05) is 44.7 Å². The van der Waals surface area contributed by atoms with Crippen molar-refractivity contribution >= 4 is 34.6 Å². The van der Waals surface area contributed by atoms with E-state index in [9.17, 15) is 0 Å². The van der Waals surface area contributed by atoms with E-state index in [2.05, 4.69) is 46.3 Å². The zero-order chi connectivity index (χ0) is 20.6. The summed E-state index contributed by atoms with van der Waals surface area (Å²) in [6, 6.07) is 14.5. The zero-order valence-corrected chi connectivity index (χ0v) is 18.9. The molecule has 0 atom stereocenters. The number of nitrogens with zero attached hydrogens (tertiary/aromatic N) is 2.